The standard InChI is InChI=1S/C24H15Cl3N4O/c25-13-9-10-19-16(11-13)21-20(23(32-19)15-6-2-4-8-18(15)27)22(14-5-1-3-7-17(14)26)31-24(30-21)28-12-29-31/h1-12,22-23H,(H,28,29,30)/t22-,23-/m1/s1. The van der Waals surface area contributed by atoms with Gasteiger partial charge in [0, 0.05) is 31.8 Å². The Morgan fingerprint density at radius 1 is 0.875 bits per heavy atom. The van der Waals surface area contributed by atoms with Crippen LogP contribution in [-0.4, -0.2) is 14.8 Å². The maximum Gasteiger partial charge on any atom is 0.226 e. The molecule has 158 valence electrons. The minimum absolute atomic E-state index is 0.356. The van der Waals surface area contributed by atoms with Gasteiger partial charge in [-0.25, -0.2) is 4.68 Å². The molecule has 1 N–H and O–H groups in total. The van der Waals surface area contributed by atoms with E-state index in [1.165, 1.54) is 6.33 Å². The summed E-state index contributed by atoms with van der Waals surface area (Å²) in [5.41, 5.74) is 4.39. The van der Waals surface area contributed by atoms with Crippen LogP contribution in [0, 0.1) is 0 Å². The third-order valence-corrected chi connectivity index (χ3v) is 6.69. The lowest BCUT2D eigenvalue weighted by molar-refractivity contribution is 0.223. The molecular formula is C24H15Cl3N4O. The fraction of sp³-hybridized carbons (Fsp3) is 0.0833. The van der Waals surface area contributed by atoms with Gasteiger partial charge in [-0.15, -0.1) is 0 Å². The third kappa shape index (κ3) is 3.00. The Morgan fingerprint density at radius 3 is 2.34 bits per heavy atom. The summed E-state index contributed by atoms with van der Waals surface area (Å²) in [5, 5.41) is 9.80. The Morgan fingerprint density at radius 2 is 1.59 bits per heavy atom. The molecule has 2 atom stereocenters. The number of anilines is 1. The second kappa shape index (κ2) is 7.55. The van der Waals surface area contributed by atoms with E-state index in [2.05, 4.69) is 15.4 Å². The highest BCUT2D eigenvalue weighted by Gasteiger charge is 2.42. The normalized spacial score (nSPS) is 18.8. The smallest absolute Gasteiger partial charge is 0.226 e. The van der Waals surface area contributed by atoms with Crippen molar-refractivity contribution in [2.24, 2.45) is 0 Å². The highest BCUT2D eigenvalue weighted by Crippen LogP contribution is 2.52. The van der Waals surface area contributed by atoms with Crippen LogP contribution in [0.4, 0.5) is 5.95 Å². The Kier molecular flexibility index (Phi) is 4.65. The van der Waals surface area contributed by atoms with Gasteiger partial charge >= 0.3 is 0 Å². The lowest BCUT2D eigenvalue weighted by atomic mass is 9.84. The Balaban J connectivity index is 1.68. The molecule has 4 aromatic rings. The number of nitrogens with zero attached hydrogens (tertiary/aromatic N) is 3. The van der Waals surface area contributed by atoms with Crippen LogP contribution in [0.1, 0.15) is 28.8 Å². The van der Waals surface area contributed by atoms with Gasteiger partial charge in [-0.3, -0.25) is 0 Å². The van der Waals surface area contributed by atoms with Crippen LogP contribution in [-0.2, 0) is 0 Å². The van der Waals surface area contributed by atoms with E-state index in [4.69, 9.17) is 39.5 Å². The van der Waals surface area contributed by atoms with Gasteiger partial charge in [0.25, 0.3) is 0 Å². The highest BCUT2D eigenvalue weighted by molar-refractivity contribution is 6.32. The molecule has 32 heavy (non-hydrogen) atoms. The van der Waals surface area contributed by atoms with Gasteiger partial charge in [0.2, 0.25) is 5.95 Å². The molecule has 0 amide bonds. The molecule has 0 spiro atoms. The van der Waals surface area contributed by atoms with Crippen LogP contribution in [0.15, 0.2) is 78.6 Å². The number of hydrogen-bond acceptors (Lipinski definition) is 4. The lowest BCUT2D eigenvalue weighted by Crippen LogP contribution is -2.32. The molecule has 5 nitrogen and oxygen atoms in total. The number of nitrogens with one attached hydrogen (secondary N) is 1. The predicted octanol–water partition coefficient (Wildman–Crippen LogP) is 6.80. The summed E-state index contributed by atoms with van der Waals surface area (Å²) < 4.78 is 8.38. The van der Waals surface area contributed by atoms with E-state index in [1.807, 2.05) is 71.4 Å². The molecule has 3 heterocycles. The van der Waals surface area contributed by atoms with Crippen LogP contribution >= 0.6 is 34.8 Å². The largest absolute Gasteiger partial charge is 0.480 e. The Bertz CT molecular complexity index is 1400. The van der Waals surface area contributed by atoms with Crippen molar-refractivity contribution in [3.05, 3.63) is 110 Å². The fourth-order valence-corrected chi connectivity index (χ4v) is 5.03. The monoisotopic (exact) mass is 480 g/mol. The molecule has 0 unspecified atom stereocenters. The summed E-state index contributed by atoms with van der Waals surface area (Å²) in [4.78, 5) is 4.43. The molecule has 0 saturated carbocycles. The second-order valence-corrected chi connectivity index (χ2v) is 8.82. The van der Waals surface area contributed by atoms with Crippen LogP contribution in [0.3, 0.4) is 0 Å². The lowest BCUT2D eigenvalue weighted by Gasteiger charge is -2.39. The molecule has 2 aliphatic rings. The maximum absolute atomic E-state index is 6.68. The molecule has 2 aliphatic heterocycles. The zero-order valence-electron chi connectivity index (χ0n) is 16.5. The fourth-order valence-electron chi connectivity index (χ4n) is 4.38. The van der Waals surface area contributed by atoms with Gasteiger partial charge in [0.05, 0.1) is 5.70 Å². The number of fused-ring (bicyclic) bond motifs is 3. The SMILES string of the molecule is Clc1ccc2c(c1)C1=C([C@@H](c3ccccc3Cl)O2)[C@@H](c2ccccc2Cl)n2ncnc2N1. The van der Waals surface area contributed by atoms with Crippen LogP contribution < -0.4 is 10.1 Å². The van der Waals surface area contributed by atoms with Crippen molar-refractivity contribution >= 4 is 46.4 Å². The molecule has 1 aromatic heterocycles. The van der Waals surface area contributed by atoms with Gasteiger partial charge in [-0.1, -0.05) is 71.2 Å². The summed E-state index contributed by atoms with van der Waals surface area (Å²) in [6, 6.07) is 20.6. The summed E-state index contributed by atoms with van der Waals surface area (Å²) in [7, 11) is 0. The van der Waals surface area contributed by atoms with Gasteiger partial charge < -0.3 is 10.1 Å². The summed E-state index contributed by atoms with van der Waals surface area (Å²) in [6.45, 7) is 0. The molecular weight excluding hydrogens is 467 g/mol. The molecule has 6 rings (SSSR count). The first kappa shape index (κ1) is 19.7. The first-order chi connectivity index (χ1) is 15.6. The highest BCUT2D eigenvalue weighted by atomic mass is 35.5. The van der Waals surface area contributed by atoms with Crippen molar-refractivity contribution in [2.45, 2.75) is 12.1 Å². The zero-order valence-corrected chi connectivity index (χ0v) is 18.7. The van der Waals surface area contributed by atoms with Gasteiger partial charge in [0.15, 0.2) is 6.10 Å². The van der Waals surface area contributed by atoms with Crippen molar-refractivity contribution in [2.75, 3.05) is 5.32 Å². The molecule has 0 fully saturated rings. The van der Waals surface area contributed by atoms with Gasteiger partial charge in [0.1, 0.15) is 18.1 Å². The van der Waals surface area contributed by atoms with Gasteiger partial charge in [-0.2, -0.15) is 10.1 Å². The minimum Gasteiger partial charge on any atom is -0.480 e. The average molecular weight is 482 g/mol. The Hall–Kier alpha value is -2.99. The summed E-state index contributed by atoms with van der Waals surface area (Å²) >= 11 is 19.7. The number of rotatable bonds is 2. The van der Waals surface area contributed by atoms with Crippen molar-refractivity contribution in [1.29, 1.82) is 0 Å². The number of aromatic nitrogens is 3. The van der Waals surface area contributed by atoms with E-state index in [0.717, 1.165) is 28.0 Å². The zero-order chi connectivity index (χ0) is 21.8. The molecule has 0 saturated heterocycles. The molecule has 8 heteroatoms. The number of ether oxygens (including phenoxy) is 1. The number of benzene rings is 3. The first-order valence-corrected chi connectivity index (χ1v) is 11.1. The Labute approximate surface area is 199 Å². The van der Waals surface area contributed by atoms with Crippen molar-refractivity contribution in [1.82, 2.24) is 14.8 Å². The minimum atomic E-state index is -0.474. The van der Waals surface area contributed by atoms with Crippen LogP contribution in [0.5, 0.6) is 5.75 Å². The van der Waals surface area contributed by atoms with E-state index in [0.29, 0.717) is 26.8 Å². The maximum atomic E-state index is 6.68. The van der Waals surface area contributed by atoms with E-state index in [1.54, 1.807) is 0 Å². The summed E-state index contributed by atoms with van der Waals surface area (Å²) in [6.07, 6.45) is 1.05. The molecule has 0 radical (unpaired) electrons. The predicted molar refractivity (Wildman–Crippen MR) is 126 cm³/mol. The average Bonchev–Trinajstić information content (AvgIpc) is 3.27. The van der Waals surface area contributed by atoms with Crippen LogP contribution in [0.2, 0.25) is 15.1 Å². The van der Waals surface area contributed by atoms with E-state index in [9.17, 15) is 0 Å². The van der Waals surface area contributed by atoms with Crippen molar-refractivity contribution in [3.63, 3.8) is 0 Å². The first-order valence-electron chi connectivity index (χ1n) is 9.98. The molecule has 0 bridgehead atoms. The van der Waals surface area contributed by atoms with Crippen molar-refractivity contribution < 1.29 is 4.74 Å². The molecule has 3 aromatic carbocycles. The van der Waals surface area contributed by atoms with Gasteiger partial charge in [-0.05, 0) is 35.9 Å². The van der Waals surface area contributed by atoms with Crippen molar-refractivity contribution in [3.8, 4) is 5.75 Å². The van der Waals surface area contributed by atoms with E-state index < -0.39 is 6.10 Å². The van der Waals surface area contributed by atoms with E-state index in [-0.39, 0.29) is 6.04 Å². The number of hydrogen-bond donors (Lipinski definition) is 1. The number of halogens is 3. The second-order valence-electron chi connectivity index (χ2n) is 7.57. The summed E-state index contributed by atoms with van der Waals surface area (Å²) in [5.74, 6) is 1.32. The molecule has 0 aliphatic carbocycles. The quantitative estimate of drug-likeness (QED) is 0.342. The van der Waals surface area contributed by atoms with Crippen LogP contribution in [0.25, 0.3) is 5.70 Å². The topological polar surface area (TPSA) is 52.0 Å². The van der Waals surface area contributed by atoms with E-state index >= 15 is 0 Å². The third-order valence-electron chi connectivity index (χ3n) is 5.76.